The first-order valence-electron chi connectivity index (χ1n) is 9.84. The number of hydrogen-bond acceptors (Lipinski definition) is 5. The van der Waals surface area contributed by atoms with E-state index in [1.807, 2.05) is 36.4 Å². The maximum Gasteiger partial charge on any atom is 0.252 e. The molecule has 0 atom stereocenters. The van der Waals surface area contributed by atoms with Gasteiger partial charge in [0.15, 0.2) is 0 Å². The van der Waals surface area contributed by atoms with Crippen molar-refractivity contribution in [2.45, 2.75) is 6.92 Å². The van der Waals surface area contributed by atoms with Crippen LogP contribution in [0.1, 0.15) is 17.3 Å². The van der Waals surface area contributed by atoms with Gasteiger partial charge in [-0.15, -0.1) is 0 Å². The van der Waals surface area contributed by atoms with Gasteiger partial charge in [-0.3, -0.25) is 14.6 Å². The molecule has 5 N–H and O–H groups in total. The average molecular weight is 404 g/mol. The van der Waals surface area contributed by atoms with Crippen molar-refractivity contribution >= 4 is 23.3 Å². The van der Waals surface area contributed by atoms with Crippen LogP contribution < -0.4 is 21.3 Å². The lowest BCUT2D eigenvalue weighted by Gasteiger charge is -2.28. The second-order valence-corrected chi connectivity index (χ2v) is 7.23. The predicted octanol–water partition coefficient (Wildman–Crippen LogP) is 2.21. The van der Waals surface area contributed by atoms with Gasteiger partial charge in [0, 0.05) is 61.8 Å². The van der Waals surface area contributed by atoms with Crippen LogP contribution in [0.3, 0.4) is 0 Å². The van der Waals surface area contributed by atoms with E-state index in [0.29, 0.717) is 5.56 Å². The first kappa shape index (κ1) is 19.7. The molecule has 0 saturated carbocycles. The van der Waals surface area contributed by atoms with Crippen LogP contribution in [0.5, 0.6) is 0 Å². The van der Waals surface area contributed by atoms with Crippen LogP contribution >= 0.6 is 0 Å². The van der Waals surface area contributed by atoms with Crippen molar-refractivity contribution in [1.29, 1.82) is 0 Å². The van der Waals surface area contributed by atoms with Gasteiger partial charge in [0.1, 0.15) is 5.82 Å². The maximum absolute atomic E-state index is 12.0. The van der Waals surface area contributed by atoms with E-state index >= 15 is 0 Å². The van der Waals surface area contributed by atoms with E-state index in [-0.39, 0.29) is 5.91 Å². The molecule has 0 bridgehead atoms. The molecule has 1 aliphatic rings. The van der Waals surface area contributed by atoms with Crippen LogP contribution in [0.4, 0.5) is 11.5 Å². The Morgan fingerprint density at radius 2 is 1.80 bits per heavy atom. The average Bonchev–Trinajstić information content (AvgIpc) is 3.21. The van der Waals surface area contributed by atoms with Crippen molar-refractivity contribution in [3.05, 3.63) is 54.2 Å². The van der Waals surface area contributed by atoms with E-state index in [4.69, 9.17) is 5.73 Å². The summed E-state index contributed by atoms with van der Waals surface area (Å²) in [5.74, 6) is 0.200. The standard InChI is InChI=1S/C22H24N6O2/c1-14(29)26-17-4-2-15(3-5-17)19-12-16(6-7-25-19)20-13-18(21(23)30)22(27-20)28-10-8-24-9-11-28/h2-7,12-13,24,27H,8-11H2,1H3,(H2,23,30)(H,26,29). The molecule has 0 unspecified atom stereocenters. The van der Waals surface area contributed by atoms with Gasteiger partial charge < -0.3 is 26.3 Å². The number of aromatic amines is 1. The van der Waals surface area contributed by atoms with Gasteiger partial charge in [-0.2, -0.15) is 0 Å². The number of amides is 2. The number of aromatic nitrogens is 2. The molecule has 0 aliphatic carbocycles. The quantitative estimate of drug-likeness (QED) is 0.520. The van der Waals surface area contributed by atoms with Gasteiger partial charge >= 0.3 is 0 Å². The number of hydrogen-bond donors (Lipinski definition) is 4. The number of nitrogens with zero attached hydrogens (tertiary/aromatic N) is 2. The molecule has 1 saturated heterocycles. The Morgan fingerprint density at radius 3 is 2.47 bits per heavy atom. The van der Waals surface area contributed by atoms with Crippen molar-refractivity contribution in [2.75, 3.05) is 36.4 Å². The number of nitrogens with one attached hydrogen (secondary N) is 3. The number of carbonyl (C=O) groups excluding carboxylic acids is 2. The molecular weight excluding hydrogens is 380 g/mol. The Balaban J connectivity index is 1.65. The first-order chi connectivity index (χ1) is 14.5. The number of H-pyrrole nitrogens is 1. The highest BCUT2D eigenvalue weighted by Crippen LogP contribution is 2.30. The fraction of sp³-hybridized carbons (Fsp3) is 0.227. The van der Waals surface area contributed by atoms with Gasteiger partial charge in [-0.25, -0.2) is 0 Å². The van der Waals surface area contributed by atoms with E-state index in [0.717, 1.165) is 60.2 Å². The summed E-state index contributed by atoms with van der Waals surface area (Å²) in [6.45, 7) is 4.82. The topological polar surface area (TPSA) is 116 Å². The van der Waals surface area contributed by atoms with Crippen LogP contribution in [-0.2, 0) is 4.79 Å². The summed E-state index contributed by atoms with van der Waals surface area (Å²) >= 11 is 0. The molecule has 8 heteroatoms. The van der Waals surface area contributed by atoms with E-state index in [9.17, 15) is 9.59 Å². The van der Waals surface area contributed by atoms with Crippen LogP contribution in [0, 0.1) is 0 Å². The van der Waals surface area contributed by atoms with Gasteiger partial charge in [-0.05, 0) is 30.3 Å². The minimum atomic E-state index is -0.450. The second kappa shape index (κ2) is 8.38. The zero-order chi connectivity index (χ0) is 21.1. The summed E-state index contributed by atoms with van der Waals surface area (Å²) in [6, 6.07) is 13.2. The highest BCUT2D eigenvalue weighted by atomic mass is 16.1. The zero-order valence-electron chi connectivity index (χ0n) is 16.7. The fourth-order valence-electron chi connectivity index (χ4n) is 3.61. The third-order valence-electron chi connectivity index (χ3n) is 5.07. The third-order valence-corrected chi connectivity index (χ3v) is 5.07. The molecule has 3 heterocycles. The Hall–Kier alpha value is -3.65. The number of piperazine rings is 1. The molecule has 1 fully saturated rings. The van der Waals surface area contributed by atoms with Crippen molar-refractivity contribution in [2.24, 2.45) is 5.73 Å². The molecule has 1 aromatic carbocycles. The summed E-state index contributed by atoms with van der Waals surface area (Å²) in [7, 11) is 0. The van der Waals surface area contributed by atoms with E-state index in [2.05, 4.69) is 25.5 Å². The minimum Gasteiger partial charge on any atom is -0.365 e. The normalized spacial score (nSPS) is 13.8. The van der Waals surface area contributed by atoms with Gasteiger partial charge in [-0.1, -0.05) is 12.1 Å². The molecule has 8 nitrogen and oxygen atoms in total. The number of carbonyl (C=O) groups is 2. The molecule has 30 heavy (non-hydrogen) atoms. The Bertz CT molecular complexity index is 1070. The molecule has 0 radical (unpaired) electrons. The number of benzene rings is 1. The molecule has 1 aliphatic heterocycles. The lowest BCUT2D eigenvalue weighted by Crippen LogP contribution is -2.44. The van der Waals surface area contributed by atoms with Crippen molar-refractivity contribution in [1.82, 2.24) is 15.3 Å². The fourth-order valence-corrected chi connectivity index (χ4v) is 3.61. The molecule has 3 aromatic rings. The second-order valence-electron chi connectivity index (χ2n) is 7.23. The number of anilines is 2. The lowest BCUT2D eigenvalue weighted by atomic mass is 10.1. The summed E-state index contributed by atoms with van der Waals surface area (Å²) in [4.78, 5) is 33.2. The Kier molecular flexibility index (Phi) is 5.49. The number of pyridine rings is 1. The van der Waals surface area contributed by atoms with E-state index < -0.39 is 5.91 Å². The molecule has 2 aromatic heterocycles. The summed E-state index contributed by atoms with van der Waals surface area (Å²) in [6.07, 6.45) is 1.74. The largest absolute Gasteiger partial charge is 0.365 e. The van der Waals surface area contributed by atoms with Crippen molar-refractivity contribution < 1.29 is 9.59 Å². The van der Waals surface area contributed by atoms with Gasteiger partial charge in [0.25, 0.3) is 5.91 Å². The van der Waals surface area contributed by atoms with Crippen LogP contribution in [0.25, 0.3) is 22.5 Å². The van der Waals surface area contributed by atoms with Crippen LogP contribution in [-0.4, -0.2) is 48.0 Å². The molecular formula is C22H24N6O2. The SMILES string of the molecule is CC(=O)Nc1ccc(-c2cc(-c3cc(C(N)=O)c(N4CCNCC4)[nH]3)ccn2)cc1. The summed E-state index contributed by atoms with van der Waals surface area (Å²) in [5.41, 5.74) is 10.3. The number of primary amides is 1. The smallest absolute Gasteiger partial charge is 0.252 e. The first-order valence-corrected chi connectivity index (χ1v) is 9.84. The maximum atomic E-state index is 12.0. The molecule has 4 rings (SSSR count). The molecule has 2 amide bonds. The highest BCUT2D eigenvalue weighted by molar-refractivity contribution is 5.99. The Morgan fingerprint density at radius 1 is 1.07 bits per heavy atom. The predicted molar refractivity (Wildman–Crippen MR) is 117 cm³/mol. The molecule has 0 spiro atoms. The Labute approximate surface area is 174 Å². The highest BCUT2D eigenvalue weighted by Gasteiger charge is 2.21. The van der Waals surface area contributed by atoms with Gasteiger partial charge in [0.2, 0.25) is 5.91 Å². The van der Waals surface area contributed by atoms with E-state index in [1.54, 1.807) is 12.3 Å². The van der Waals surface area contributed by atoms with Gasteiger partial charge in [0.05, 0.1) is 11.3 Å². The lowest BCUT2D eigenvalue weighted by molar-refractivity contribution is -0.114. The van der Waals surface area contributed by atoms with E-state index in [1.165, 1.54) is 6.92 Å². The summed E-state index contributed by atoms with van der Waals surface area (Å²) in [5, 5.41) is 6.06. The van der Waals surface area contributed by atoms with Crippen molar-refractivity contribution in [3.63, 3.8) is 0 Å². The minimum absolute atomic E-state index is 0.111. The van der Waals surface area contributed by atoms with Crippen molar-refractivity contribution in [3.8, 4) is 22.5 Å². The van der Waals surface area contributed by atoms with Crippen LogP contribution in [0.15, 0.2) is 48.7 Å². The monoisotopic (exact) mass is 404 g/mol. The number of nitrogens with two attached hydrogens (primary N) is 1. The number of rotatable bonds is 5. The zero-order valence-corrected chi connectivity index (χ0v) is 16.7. The molecule has 154 valence electrons. The summed E-state index contributed by atoms with van der Waals surface area (Å²) < 4.78 is 0. The van der Waals surface area contributed by atoms with Crippen LogP contribution in [0.2, 0.25) is 0 Å². The third kappa shape index (κ3) is 4.18.